The summed E-state index contributed by atoms with van der Waals surface area (Å²) in [5.74, 6) is 0.684. The van der Waals surface area contributed by atoms with Crippen LogP contribution < -0.4 is 5.32 Å². The van der Waals surface area contributed by atoms with E-state index < -0.39 is 0 Å². The highest BCUT2D eigenvalue weighted by molar-refractivity contribution is 9.10. The van der Waals surface area contributed by atoms with E-state index in [1.165, 1.54) is 18.9 Å². The predicted octanol–water partition coefficient (Wildman–Crippen LogP) is 3.13. The molecule has 1 N–H and O–H groups in total. The maximum Gasteiger partial charge on any atom is 0.166 e. The van der Waals surface area contributed by atoms with Crippen molar-refractivity contribution in [2.45, 2.75) is 19.8 Å². The van der Waals surface area contributed by atoms with Gasteiger partial charge in [0, 0.05) is 17.2 Å². The van der Waals surface area contributed by atoms with Gasteiger partial charge in [-0.15, -0.1) is 0 Å². The molecule has 0 amide bonds. The van der Waals surface area contributed by atoms with Crippen LogP contribution in [0.5, 0.6) is 0 Å². The predicted molar refractivity (Wildman–Crippen MR) is 75.2 cm³/mol. The summed E-state index contributed by atoms with van der Waals surface area (Å²) >= 11 is 3.20. The van der Waals surface area contributed by atoms with Crippen LogP contribution in [0.25, 0.3) is 0 Å². The van der Waals surface area contributed by atoms with E-state index in [2.05, 4.69) is 38.1 Å². The van der Waals surface area contributed by atoms with Gasteiger partial charge in [0.15, 0.2) is 11.6 Å². The molecule has 1 saturated heterocycles. The topological polar surface area (TPSA) is 28.2 Å². The third-order valence-electron chi connectivity index (χ3n) is 3.52. The average molecular weight is 316 g/mol. The minimum absolute atomic E-state index is 0.296. The fraction of sp³-hybridized carbons (Fsp3) is 0.615. The summed E-state index contributed by atoms with van der Waals surface area (Å²) < 4.78 is 14.2. The molecule has 18 heavy (non-hydrogen) atoms. The summed E-state index contributed by atoms with van der Waals surface area (Å²) in [5.41, 5.74) is 0. The number of nitrogens with zero attached hydrogens (tertiary/aromatic N) is 2. The molecule has 2 heterocycles. The molecular weight excluding hydrogens is 297 g/mol. The summed E-state index contributed by atoms with van der Waals surface area (Å²) in [5, 5.41) is 3.12. The van der Waals surface area contributed by atoms with E-state index in [9.17, 15) is 4.39 Å². The van der Waals surface area contributed by atoms with Crippen molar-refractivity contribution in [1.82, 2.24) is 9.88 Å². The largest absolute Gasteiger partial charge is 0.367 e. The molecule has 1 aromatic heterocycles. The van der Waals surface area contributed by atoms with Crippen molar-refractivity contribution in [2.24, 2.45) is 5.92 Å². The Kier molecular flexibility index (Phi) is 4.95. The second-order valence-corrected chi connectivity index (χ2v) is 5.66. The molecule has 0 aromatic carbocycles. The number of hydrogen-bond donors (Lipinski definition) is 1. The summed E-state index contributed by atoms with van der Waals surface area (Å²) in [4.78, 5) is 6.50. The number of pyridine rings is 1. The van der Waals surface area contributed by atoms with Crippen molar-refractivity contribution in [3.05, 3.63) is 22.6 Å². The molecule has 0 bridgehead atoms. The van der Waals surface area contributed by atoms with Crippen LogP contribution in [0.4, 0.5) is 10.2 Å². The van der Waals surface area contributed by atoms with E-state index in [0.29, 0.717) is 16.2 Å². The second kappa shape index (κ2) is 6.48. The van der Waals surface area contributed by atoms with E-state index in [-0.39, 0.29) is 5.82 Å². The second-order valence-electron chi connectivity index (χ2n) is 4.74. The first kappa shape index (κ1) is 13.7. The Hall–Kier alpha value is -0.680. The molecule has 0 aliphatic carbocycles. The van der Waals surface area contributed by atoms with E-state index in [1.54, 1.807) is 6.20 Å². The zero-order valence-corrected chi connectivity index (χ0v) is 12.2. The van der Waals surface area contributed by atoms with Crippen molar-refractivity contribution in [1.29, 1.82) is 0 Å². The Labute approximate surface area is 116 Å². The highest BCUT2D eigenvalue weighted by Gasteiger charge is 2.18. The number of aromatic nitrogens is 1. The molecular formula is C13H19BrFN3. The quantitative estimate of drug-likeness (QED) is 0.925. The lowest BCUT2D eigenvalue weighted by Gasteiger charge is -2.31. The van der Waals surface area contributed by atoms with Crippen LogP contribution in [0.1, 0.15) is 19.8 Å². The van der Waals surface area contributed by atoms with Gasteiger partial charge >= 0.3 is 0 Å². The fourth-order valence-corrected chi connectivity index (χ4v) is 2.60. The van der Waals surface area contributed by atoms with E-state index in [0.717, 1.165) is 26.2 Å². The van der Waals surface area contributed by atoms with E-state index in [1.807, 2.05) is 0 Å². The first-order valence-corrected chi connectivity index (χ1v) is 7.25. The van der Waals surface area contributed by atoms with Gasteiger partial charge in [-0.1, -0.05) is 6.92 Å². The van der Waals surface area contributed by atoms with Crippen molar-refractivity contribution < 1.29 is 4.39 Å². The Morgan fingerprint density at radius 2 is 2.22 bits per heavy atom. The van der Waals surface area contributed by atoms with Gasteiger partial charge in [0.1, 0.15) is 0 Å². The minimum atomic E-state index is -0.296. The Bertz CT molecular complexity index is 392. The third-order valence-corrected chi connectivity index (χ3v) is 3.95. The van der Waals surface area contributed by atoms with Gasteiger partial charge in [0.25, 0.3) is 0 Å². The molecule has 0 radical (unpaired) electrons. The van der Waals surface area contributed by atoms with Crippen molar-refractivity contribution in [3.63, 3.8) is 0 Å². The van der Waals surface area contributed by atoms with Crippen LogP contribution in [0.2, 0.25) is 0 Å². The van der Waals surface area contributed by atoms with Crippen LogP contribution in [0.15, 0.2) is 16.7 Å². The monoisotopic (exact) mass is 315 g/mol. The first-order chi connectivity index (χ1) is 8.69. The van der Waals surface area contributed by atoms with Crippen LogP contribution >= 0.6 is 15.9 Å². The Morgan fingerprint density at radius 1 is 1.50 bits per heavy atom. The minimum Gasteiger partial charge on any atom is -0.367 e. The molecule has 2 rings (SSSR count). The van der Waals surface area contributed by atoms with Crippen molar-refractivity contribution in [3.8, 4) is 0 Å². The lowest BCUT2D eigenvalue weighted by Crippen LogP contribution is -2.35. The highest BCUT2D eigenvalue weighted by Crippen LogP contribution is 2.20. The molecule has 0 saturated carbocycles. The van der Waals surface area contributed by atoms with Crippen LogP contribution in [0, 0.1) is 11.7 Å². The standard InChI is InChI=1S/C13H19BrFN3/c1-2-18-5-3-10(4-6-18)8-16-13-12(15)7-11(14)9-17-13/h7,9-10H,2-6,8H2,1H3,(H,16,17). The lowest BCUT2D eigenvalue weighted by atomic mass is 9.97. The molecule has 0 atom stereocenters. The van der Waals surface area contributed by atoms with Gasteiger partial charge in [-0.2, -0.15) is 0 Å². The molecule has 1 aliphatic heterocycles. The molecule has 1 aliphatic rings. The van der Waals surface area contributed by atoms with Crippen LogP contribution in [-0.2, 0) is 0 Å². The number of likely N-dealkylation sites (tertiary alicyclic amines) is 1. The van der Waals surface area contributed by atoms with Gasteiger partial charge in [-0.05, 0) is 60.4 Å². The summed E-state index contributed by atoms with van der Waals surface area (Å²) in [6.45, 7) is 6.43. The zero-order chi connectivity index (χ0) is 13.0. The molecule has 100 valence electrons. The van der Waals surface area contributed by atoms with Gasteiger partial charge in [-0.25, -0.2) is 9.37 Å². The number of hydrogen-bond acceptors (Lipinski definition) is 3. The number of nitrogens with one attached hydrogen (secondary N) is 1. The van der Waals surface area contributed by atoms with Gasteiger partial charge in [0.05, 0.1) is 0 Å². The highest BCUT2D eigenvalue weighted by atomic mass is 79.9. The Morgan fingerprint density at radius 3 is 2.83 bits per heavy atom. The van der Waals surface area contributed by atoms with Crippen LogP contribution in [0.3, 0.4) is 0 Å². The number of rotatable bonds is 4. The number of anilines is 1. The summed E-state index contributed by atoms with van der Waals surface area (Å²) in [6, 6.07) is 1.44. The average Bonchev–Trinajstić information content (AvgIpc) is 2.38. The van der Waals surface area contributed by atoms with E-state index >= 15 is 0 Å². The van der Waals surface area contributed by atoms with Gasteiger partial charge in [-0.3, -0.25) is 0 Å². The Balaban J connectivity index is 1.81. The maximum atomic E-state index is 13.6. The van der Waals surface area contributed by atoms with Crippen molar-refractivity contribution in [2.75, 3.05) is 31.5 Å². The number of halogens is 2. The smallest absolute Gasteiger partial charge is 0.166 e. The summed E-state index contributed by atoms with van der Waals surface area (Å²) in [6.07, 6.45) is 3.98. The lowest BCUT2D eigenvalue weighted by molar-refractivity contribution is 0.198. The SMILES string of the molecule is CCN1CCC(CNc2ncc(Br)cc2F)CC1. The molecule has 0 unspecified atom stereocenters. The maximum absolute atomic E-state index is 13.6. The van der Waals surface area contributed by atoms with Gasteiger partial charge < -0.3 is 10.2 Å². The third kappa shape index (κ3) is 3.65. The number of piperidine rings is 1. The molecule has 3 nitrogen and oxygen atoms in total. The molecule has 0 spiro atoms. The first-order valence-electron chi connectivity index (χ1n) is 6.46. The zero-order valence-electron chi connectivity index (χ0n) is 10.6. The fourth-order valence-electron chi connectivity index (χ4n) is 2.29. The summed E-state index contributed by atoms with van der Waals surface area (Å²) in [7, 11) is 0. The van der Waals surface area contributed by atoms with Crippen molar-refractivity contribution >= 4 is 21.7 Å². The van der Waals surface area contributed by atoms with Crippen LogP contribution in [-0.4, -0.2) is 36.1 Å². The molecule has 5 heteroatoms. The van der Waals surface area contributed by atoms with E-state index in [4.69, 9.17) is 0 Å². The normalized spacial score (nSPS) is 17.9. The van der Waals surface area contributed by atoms with Gasteiger partial charge in [0.2, 0.25) is 0 Å². The molecule has 1 fully saturated rings. The molecule has 1 aromatic rings.